The van der Waals surface area contributed by atoms with Crippen LogP contribution in [0.25, 0.3) is 6.08 Å². The number of hydrogen-bond acceptors (Lipinski definition) is 3. The van der Waals surface area contributed by atoms with Crippen molar-refractivity contribution in [3.63, 3.8) is 0 Å². The van der Waals surface area contributed by atoms with Crippen LogP contribution in [0.1, 0.15) is 36.9 Å². The van der Waals surface area contributed by atoms with Gasteiger partial charge in [0.1, 0.15) is 0 Å². The maximum absolute atomic E-state index is 11.8. The predicted octanol–water partition coefficient (Wildman–Crippen LogP) is 1.93. The van der Waals surface area contributed by atoms with Gasteiger partial charge < -0.3 is 5.11 Å². The van der Waals surface area contributed by atoms with Gasteiger partial charge in [0.2, 0.25) is 10.0 Å². The van der Waals surface area contributed by atoms with Crippen LogP contribution in [0, 0.1) is 0 Å². The van der Waals surface area contributed by atoms with Crippen molar-refractivity contribution in [1.82, 2.24) is 4.72 Å². The average molecular weight is 295 g/mol. The molecule has 1 aromatic rings. The van der Waals surface area contributed by atoms with Gasteiger partial charge in [-0.2, -0.15) is 0 Å². The number of nitrogens with one attached hydrogen (secondary N) is 1. The fraction of sp³-hybridized carbons (Fsp3) is 0.357. The molecule has 2 rings (SSSR count). The Kier molecular flexibility index (Phi) is 4.25. The maximum Gasteiger partial charge on any atom is 0.328 e. The second kappa shape index (κ2) is 5.76. The molecule has 0 amide bonds. The number of hydrogen-bond donors (Lipinski definition) is 2. The smallest absolute Gasteiger partial charge is 0.328 e. The van der Waals surface area contributed by atoms with Gasteiger partial charge in [-0.3, -0.25) is 0 Å². The number of carbonyl (C=O) groups is 1. The molecule has 0 saturated heterocycles. The first kappa shape index (κ1) is 14.7. The minimum atomic E-state index is -3.21. The van der Waals surface area contributed by atoms with E-state index in [0.29, 0.717) is 0 Å². The fourth-order valence-electron chi connectivity index (χ4n) is 1.85. The summed E-state index contributed by atoms with van der Waals surface area (Å²) >= 11 is 0. The summed E-state index contributed by atoms with van der Waals surface area (Å²) in [6.07, 6.45) is 4.03. The van der Waals surface area contributed by atoms with E-state index in [2.05, 4.69) is 4.72 Å². The van der Waals surface area contributed by atoms with Gasteiger partial charge in [-0.1, -0.05) is 24.3 Å². The Bertz CT molecular complexity index is 615. The Morgan fingerprint density at radius 1 is 1.35 bits per heavy atom. The summed E-state index contributed by atoms with van der Waals surface area (Å²) in [5.74, 6) is -1.00. The number of aliphatic carboxylic acids is 1. The number of carboxylic acid groups (broad SMARTS) is 1. The van der Waals surface area contributed by atoms with Gasteiger partial charge in [-0.25, -0.2) is 17.9 Å². The molecule has 5 nitrogen and oxygen atoms in total. The largest absolute Gasteiger partial charge is 0.478 e. The van der Waals surface area contributed by atoms with Crippen molar-refractivity contribution in [2.24, 2.45) is 0 Å². The molecule has 2 N–H and O–H groups in total. The van der Waals surface area contributed by atoms with E-state index in [4.69, 9.17) is 5.11 Å². The molecule has 0 heterocycles. The lowest BCUT2D eigenvalue weighted by atomic mass is 10.1. The van der Waals surface area contributed by atoms with Crippen molar-refractivity contribution in [2.75, 3.05) is 0 Å². The second-order valence-corrected chi connectivity index (χ2v) is 6.91. The summed E-state index contributed by atoms with van der Waals surface area (Å²) < 4.78 is 26.3. The van der Waals surface area contributed by atoms with E-state index >= 15 is 0 Å². The zero-order valence-electron chi connectivity index (χ0n) is 11.1. The third kappa shape index (κ3) is 3.91. The minimum Gasteiger partial charge on any atom is -0.478 e. The van der Waals surface area contributed by atoms with Gasteiger partial charge in [-0.05, 0) is 37.0 Å². The summed E-state index contributed by atoms with van der Waals surface area (Å²) in [5, 5.41) is 8.31. The zero-order valence-corrected chi connectivity index (χ0v) is 11.9. The van der Waals surface area contributed by atoms with Crippen molar-refractivity contribution < 1.29 is 18.3 Å². The SMILES string of the molecule is CC(NS(=O)(=O)C1CC1)c1ccc(C=CC(=O)O)cc1. The number of benzene rings is 1. The van der Waals surface area contributed by atoms with Crippen molar-refractivity contribution in [3.05, 3.63) is 41.5 Å². The summed E-state index contributed by atoms with van der Waals surface area (Å²) in [4.78, 5) is 10.4. The summed E-state index contributed by atoms with van der Waals surface area (Å²) in [6.45, 7) is 1.79. The Morgan fingerprint density at radius 2 is 1.95 bits per heavy atom. The second-order valence-electron chi connectivity index (χ2n) is 4.92. The van der Waals surface area contributed by atoms with E-state index in [1.807, 2.05) is 0 Å². The summed E-state index contributed by atoms with van der Waals surface area (Å²) in [5.41, 5.74) is 1.61. The van der Waals surface area contributed by atoms with Crippen LogP contribution in [0.2, 0.25) is 0 Å². The van der Waals surface area contributed by atoms with Crippen LogP contribution < -0.4 is 4.72 Å². The van der Waals surface area contributed by atoms with Crippen LogP contribution in [-0.4, -0.2) is 24.7 Å². The Hall–Kier alpha value is -1.66. The number of carboxylic acids is 1. The zero-order chi connectivity index (χ0) is 14.8. The third-order valence-corrected chi connectivity index (χ3v) is 5.19. The first-order valence-corrected chi connectivity index (χ1v) is 7.95. The molecule has 1 fully saturated rings. The Balaban J connectivity index is 2.03. The van der Waals surface area contributed by atoms with E-state index in [0.717, 1.165) is 30.0 Å². The third-order valence-electron chi connectivity index (χ3n) is 3.16. The molecule has 20 heavy (non-hydrogen) atoms. The first-order chi connectivity index (χ1) is 9.38. The van der Waals surface area contributed by atoms with Crippen LogP contribution in [0.3, 0.4) is 0 Å². The van der Waals surface area contributed by atoms with Crippen LogP contribution in [0.4, 0.5) is 0 Å². The highest BCUT2D eigenvalue weighted by atomic mass is 32.2. The standard InChI is InChI=1S/C14H17NO4S/c1-10(15-20(18,19)13-7-8-13)12-5-2-11(3-6-12)4-9-14(16)17/h2-6,9-10,13,15H,7-8H2,1H3,(H,16,17). The summed E-state index contributed by atoms with van der Waals surface area (Å²) in [7, 11) is -3.21. The highest BCUT2D eigenvalue weighted by Gasteiger charge is 2.36. The molecule has 0 aromatic heterocycles. The van der Waals surface area contributed by atoms with Crippen LogP contribution >= 0.6 is 0 Å². The van der Waals surface area contributed by atoms with Gasteiger partial charge in [0, 0.05) is 12.1 Å². The van der Waals surface area contributed by atoms with Crippen LogP contribution in [0.15, 0.2) is 30.3 Å². The van der Waals surface area contributed by atoms with Gasteiger partial charge in [0.25, 0.3) is 0 Å². The van der Waals surface area contributed by atoms with Crippen molar-refractivity contribution in [2.45, 2.75) is 31.1 Å². The van der Waals surface area contributed by atoms with Gasteiger partial charge >= 0.3 is 5.97 Å². The molecule has 0 aliphatic heterocycles. The van der Waals surface area contributed by atoms with Gasteiger partial charge in [-0.15, -0.1) is 0 Å². The van der Waals surface area contributed by atoms with Crippen LogP contribution in [0.5, 0.6) is 0 Å². The maximum atomic E-state index is 11.8. The topological polar surface area (TPSA) is 83.5 Å². The molecular weight excluding hydrogens is 278 g/mol. The van der Waals surface area contributed by atoms with Gasteiger partial charge in [0.05, 0.1) is 5.25 Å². The molecule has 6 heteroatoms. The van der Waals surface area contributed by atoms with Gasteiger partial charge in [0.15, 0.2) is 0 Å². The van der Waals surface area contributed by atoms with Crippen LogP contribution in [-0.2, 0) is 14.8 Å². The predicted molar refractivity (Wildman–Crippen MR) is 76.6 cm³/mol. The first-order valence-electron chi connectivity index (χ1n) is 6.40. The Morgan fingerprint density at radius 3 is 2.45 bits per heavy atom. The Labute approximate surface area is 118 Å². The van der Waals surface area contributed by atoms with E-state index in [9.17, 15) is 13.2 Å². The highest BCUT2D eigenvalue weighted by Crippen LogP contribution is 2.29. The van der Waals surface area contributed by atoms with Crippen molar-refractivity contribution in [3.8, 4) is 0 Å². The molecule has 1 atom stereocenters. The van der Waals surface area contributed by atoms with E-state index in [1.54, 1.807) is 31.2 Å². The molecule has 1 aromatic carbocycles. The highest BCUT2D eigenvalue weighted by molar-refractivity contribution is 7.90. The molecule has 1 aliphatic carbocycles. The van der Waals surface area contributed by atoms with E-state index in [1.165, 1.54) is 6.08 Å². The lowest BCUT2D eigenvalue weighted by molar-refractivity contribution is -0.131. The monoisotopic (exact) mass is 295 g/mol. The van der Waals surface area contributed by atoms with Crippen molar-refractivity contribution in [1.29, 1.82) is 0 Å². The molecule has 0 bridgehead atoms. The lowest BCUT2D eigenvalue weighted by Crippen LogP contribution is -2.29. The fourth-order valence-corrected chi connectivity index (χ4v) is 3.43. The average Bonchev–Trinajstić information content (AvgIpc) is 3.21. The summed E-state index contributed by atoms with van der Waals surface area (Å²) in [6, 6.07) is 6.81. The molecule has 1 saturated carbocycles. The molecule has 1 aliphatic rings. The van der Waals surface area contributed by atoms with E-state index in [-0.39, 0.29) is 11.3 Å². The van der Waals surface area contributed by atoms with Crippen molar-refractivity contribution >= 4 is 22.1 Å². The molecular formula is C14H17NO4S. The van der Waals surface area contributed by atoms with E-state index < -0.39 is 16.0 Å². The molecule has 108 valence electrons. The molecule has 1 unspecified atom stereocenters. The quantitative estimate of drug-likeness (QED) is 0.785. The minimum absolute atomic E-state index is 0.234. The molecule has 0 radical (unpaired) electrons. The number of sulfonamides is 1. The molecule has 0 spiro atoms. The lowest BCUT2D eigenvalue weighted by Gasteiger charge is -2.14. The number of rotatable bonds is 6. The normalized spacial score (nSPS) is 17.2.